The molecule has 0 fully saturated rings. The molecule has 0 N–H and O–H groups in total. The molecule has 0 aliphatic heterocycles. The molecule has 1 aromatic carbocycles. The van der Waals surface area contributed by atoms with Crippen molar-refractivity contribution >= 4 is 28.6 Å². The van der Waals surface area contributed by atoms with Gasteiger partial charge in [-0.15, -0.1) is 0 Å². The molecule has 20 heavy (non-hydrogen) atoms. The fourth-order valence-corrected chi connectivity index (χ4v) is 2.16. The topological polar surface area (TPSA) is 56.0 Å². The maximum atomic E-state index is 11.0. The predicted molar refractivity (Wildman–Crippen MR) is 81.3 cm³/mol. The molecule has 0 radical (unpaired) electrons. The number of pyridine rings is 1. The smallest absolute Gasteiger partial charge is 0.249 e. The van der Waals surface area contributed by atoms with Crippen LogP contribution in [-0.4, -0.2) is 9.91 Å². The van der Waals surface area contributed by atoms with Gasteiger partial charge in [-0.05, 0) is 24.6 Å². The number of hydrogen-bond donors (Lipinski definition) is 0. The fourth-order valence-electron chi connectivity index (χ4n) is 1.96. The molecule has 0 saturated carbocycles. The minimum Gasteiger partial charge on any atom is -0.259 e. The van der Waals surface area contributed by atoms with Gasteiger partial charge < -0.3 is 0 Å². The van der Waals surface area contributed by atoms with Crippen LogP contribution < -0.4 is 0 Å². The van der Waals surface area contributed by atoms with E-state index in [1.807, 2.05) is 31.2 Å². The summed E-state index contributed by atoms with van der Waals surface area (Å²) in [5.74, 6) is -0.185. The Morgan fingerprint density at radius 1 is 1.40 bits per heavy atom. The van der Waals surface area contributed by atoms with E-state index in [1.54, 1.807) is 13.8 Å². The Morgan fingerprint density at radius 3 is 2.70 bits per heavy atom. The van der Waals surface area contributed by atoms with Gasteiger partial charge in [0.05, 0.1) is 10.4 Å². The van der Waals surface area contributed by atoms with Crippen molar-refractivity contribution in [3.05, 3.63) is 56.4 Å². The van der Waals surface area contributed by atoms with Crippen molar-refractivity contribution < 1.29 is 4.92 Å². The number of hydrogen-bond acceptors (Lipinski definition) is 3. The number of halogens is 1. The Kier molecular flexibility index (Phi) is 4.04. The molecule has 0 amide bonds. The molecular weight excluding hydrogens is 276 g/mol. The first-order chi connectivity index (χ1) is 9.38. The first kappa shape index (κ1) is 14.5. The number of benzene rings is 1. The van der Waals surface area contributed by atoms with Crippen LogP contribution in [0.2, 0.25) is 5.15 Å². The molecule has 0 saturated heterocycles. The van der Waals surface area contributed by atoms with E-state index in [4.69, 9.17) is 11.6 Å². The third-order valence-electron chi connectivity index (χ3n) is 3.06. The molecule has 104 valence electrons. The first-order valence-corrected chi connectivity index (χ1v) is 6.69. The number of aromatic nitrogens is 1. The summed E-state index contributed by atoms with van der Waals surface area (Å²) in [5, 5.41) is 12.2. The van der Waals surface area contributed by atoms with Crippen molar-refractivity contribution in [1.29, 1.82) is 0 Å². The van der Waals surface area contributed by atoms with Gasteiger partial charge in [-0.25, -0.2) is 4.98 Å². The van der Waals surface area contributed by atoms with Gasteiger partial charge >= 0.3 is 0 Å². The van der Waals surface area contributed by atoms with Crippen LogP contribution in [0.15, 0.2) is 30.0 Å². The van der Waals surface area contributed by atoms with Crippen LogP contribution in [0, 0.1) is 23.0 Å². The Balaban J connectivity index is 2.60. The highest BCUT2D eigenvalue weighted by atomic mass is 35.5. The van der Waals surface area contributed by atoms with Gasteiger partial charge in [0.1, 0.15) is 5.15 Å². The highest BCUT2D eigenvalue weighted by Gasteiger charge is 2.17. The van der Waals surface area contributed by atoms with Crippen molar-refractivity contribution in [1.82, 2.24) is 4.98 Å². The van der Waals surface area contributed by atoms with Crippen LogP contribution in [0.1, 0.15) is 25.0 Å². The van der Waals surface area contributed by atoms with Crippen LogP contribution >= 0.6 is 11.6 Å². The van der Waals surface area contributed by atoms with E-state index in [9.17, 15) is 10.1 Å². The Hall–Kier alpha value is -1.94. The second-order valence-electron chi connectivity index (χ2n) is 5.05. The lowest BCUT2D eigenvalue weighted by Crippen LogP contribution is -2.05. The van der Waals surface area contributed by atoms with Crippen molar-refractivity contribution in [3.63, 3.8) is 0 Å². The van der Waals surface area contributed by atoms with E-state index in [2.05, 4.69) is 4.98 Å². The number of allylic oxidation sites excluding steroid dienone is 1. The van der Waals surface area contributed by atoms with Crippen LogP contribution in [0.3, 0.4) is 0 Å². The summed E-state index contributed by atoms with van der Waals surface area (Å²) in [6, 6.07) is 7.68. The van der Waals surface area contributed by atoms with Crippen LogP contribution in [-0.2, 0) is 0 Å². The molecular formula is C15H15ClN2O2. The van der Waals surface area contributed by atoms with Crippen LogP contribution in [0.4, 0.5) is 0 Å². The van der Waals surface area contributed by atoms with E-state index in [1.165, 1.54) is 6.08 Å². The molecule has 0 unspecified atom stereocenters. The number of rotatable bonds is 3. The molecule has 0 spiro atoms. The molecule has 1 aromatic heterocycles. The van der Waals surface area contributed by atoms with Gasteiger partial charge in [0, 0.05) is 22.9 Å². The van der Waals surface area contributed by atoms with Crippen molar-refractivity contribution in [2.45, 2.75) is 20.8 Å². The zero-order chi connectivity index (χ0) is 14.9. The lowest BCUT2D eigenvalue weighted by atomic mass is 10.1. The molecule has 1 heterocycles. The maximum Gasteiger partial charge on any atom is 0.249 e. The van der Waals surface area contributed by atoms with Gasteiger partial charge in [-0.3, -0.25) is 10.1 Å². The van der Waals surface area contributed by atoms with Gasteiger partial charge in [-0.2, -0.15) is 0 Å². The zero-order valence-electron chi connectivity index (χ0n) is 11.6. The molecule has 0 atom stereocenters. The van der Waals surface area contributed by atoms with Gasteiger partial charge in [0.2, 0.25) is 5.70 Å². The largest absolute Gasteiger partial charge is 0.259 e. The van der Waals surface area contributed by atoms with Gasteiger partial charge in [0.15, 0.2) is 0 Å². The highest BCUT2D eigenvalue weighted by Crippen LogP contribution is 2.25. The van der Waals surface area contributed by atoms with Gasteiger partial charge in [-0.1, -0.05) is 37.6 Å². The lowest BCUT2D eigenvalue weighted by molar-refractivity contribution is -0.431. The third-order valence-corrected chi connectivity index (χ3v) is 3.36. The normalized spacial score (nSPS) is 12.2. The second-order valence-corrected chi connectivity index (χ2v) is 5.40. The minimum atomic E-state index is -0.375. The molecule has 4 nitrogen and oxygen atoms in total. The SMILES string of the molecule is Cc1ccc2cc(/C=C(/C(C)C)[N+](=O)[O-])c(Cl)nc2c1. The van der Waals surface area contributed by atoms with Crippen molar-refractivity contribution in [2.75, 3.05) is 0 Å². The second kappa shape index (κ2) is 5.59. The number of nitro groups is 1. The van der Waals surface area contributed by atoms with E-state index >= 15 is 0 Å². The number of fused-ring (bicyclic) bond motifs is 1. The average Bonchev–Trinajstić information content (AvgIpc) is 2.35. The Labute approximate surface area is 122 Å². The molecule has 0 bridgehead atoms. The summed E-state index contributed by atoms with van der Waals surface area (Å²) in [6.07, 6.45) is 1.50. The number of aryl methyl sites for hydroxylation is 1. The lowest BCUT2D eigenvalue weighted by Gasteiger charge is -2.05. The van der Waals surface area contributed by atoms with Gasteiger partial charge in [0.25, 0.3) is 0 Å². The third kappa shape index (κ3) is 2.96. The summed E-state index contributed by atoms with van der Waals surface area (Å²) in [7, 11) is 0. The van der Waals surface area contributed by atoms with Crippen molar-refractivity contribution in [2.24, 2.45) is 5.92 Å². The summed E-state index contributed by atoms with van der Waals surface area (Å²) in [4.78, 5) is 15.0. The van der Waals surface area contributed by atoms with Crippen LogP contribution in [0.5, 0.6) is 0 Å². The molecule has 2 aromatic rings. The summed E-state index contributed by atoms with van der Waals surface area (Å²) >= 11 is 6.13. The summed E-state index contributed by atoms with van der Waals surface area (Å²) < 4.78 is 0. The molecule has 2 rings (SSSR count). The molecule has 0 aliphatic rings. The predicted octanol–water partition coefficient (Wildman–Crippen LogP) is 4.47. The minimum absolute atomic E-state index is 0.125. The summed E-state index contributed by atoms with van der Waals surface area (Å²) in [6.45, 7) is 5.53. The number of nitrogens with zero attached hydrogens (tertiary/aromatic N) is 2. The van der Waals surface area contributed by atoms with E-state index in [0.29, 0.717) is 5.56 Å². The Bertz CT molecular complexity index is 708. The van der Waals surface area contributed by atoms with E-state index in [-0.39, 0.29) is 21.7 Å². The summed E-state index contributed by atoms with van der Waals surface area (Å²) in [5.41, 5.74) is 2.58. The Morgan fingerprint density at radius 2 is 2.10 bits per heavy atom. The van der Waals surface area contributed by atoms with Crippen LogP contribution in [0.25, 0.3) is 17.0 Å². The van der Waals surface area contributed by atoms with E-state index in [0.717, 1.165) is 16.5 Å². The van der Waals surface area contributed by atoms with E-state index < -0.39 is 0 Å². The standard InChI is InChI=1S/C15H15ClN2O2/c1-9(2)14(18(19)20)8-12-7-11-5-4-10(3)6-13(11)17-15(12)16/h4-9H,1-3H3/b14-8-. The monoisotopic (exact) mass is 290 g/mol. The fraction of sp³-hybridized carbons (Fsp3) is 0.267. The zero-order valence-corrected chi connectivity index (χ0v) is 12.3. The first-order valence-electron chi connectivity index (χ1n) is 6.31. The quantitative estimate of drug-likeness (QED) is 0.476. The highest BCUT2D eigenvalue weighted by molar-refractivity contribution is 6.31. The van der Waals surface area contributed by atoms with Crippen molar-refractivity contribution in [3.8, 4) is 0 Å². The average molecular weight is 291 g/mol. The maximum absolute atomic E-state index is 11.0. The molecule has 0 aliphatic carbocycles. The molecule has 5 heteroatoms.